The highest BCUT2D eigenvalue weighted by Gasteiger charge is 2.25. The van der Waals surface area contributed by atoms with E-state index in [9.17, 15) is 4.79 Å². The Morgan fingerprint density at radius 3 is 2.43 bits per heavy atom. The number of rotatable bonds is 5. The molecule has 6 nitrogen and oxygen atoms in total. The van der Waals surface area contributed by atoms with Gasteiger partial charge in [0.25, 0.3) is 0 Å². The summed E-state index contributed by atoms with van der Waals surface area (Å²) < 4.78 is 5.33. The summed E-state index contributed by atoms with van der Waals surface area (Å²) in [5.74, 6) is 0.951. The van der Waals surface area contributed by atoms with Crippen LogP contribution in [0.3, 0.4) is 0 Å². The third-order valence-electron chi connectivity index (χ3n) is 3.14. The molecule has 0 aliphatic carbocycles. The van der Waals surface area contributed by atoms with E-state index < -0.39 is 0 Å². The molecule has 0 radical (unpaired) electrons. The van der Waals surface area contributed by atoms with Crippen LogP contribution in [0.4, 0.5) is 0 Å². The lowest BCUT2D eigenvalue weighted by Gasteiger charge is -2.19. The van der Waals surface area contributed by atoms with Crippen molar-refractivity contribution >= 4 is 5.91 Å². The molecule has 2 rings (SSSR count). The lowest BCUT2D eigenvalue weighted by atomic mass is 10.0. The SMILES string of the molecule is CC(C)C(=O)N[C@H](c1nc(-c2ccncc2)no1)C(C)C. The first-order chi connectivity index (χ1) is 9.99. The minimum absolute atomic E-state index is 0.0302. The van der Waals surface area contributed by atoms with Crippen LogP contribution in [0, 0.1) is 11.8 Å². The number of hydrogen-bond acceptors (Lipinski definition) is 5. The maximum absolute atomic E-state index is 11.9. The zero-order valence-electron chi connectivity index (χ0n) is 12.7. The van der Waals surface area contributed by atoms with Gasteiger partial charge in [-0.05, 0) is 18.1 Å². The van der Waals surface area contributed by atoms with E-state index in [0.29, 0.717) is 11.7 Å². The summed E-state index contributed by atoms with van der Waals surface area (Å²) >= 11 is 0. The minimum Gasteiger partial charge on any atom is -0.344 e. The first kappa shape index (κ1) is 15.2. The summed E-state index contributed by atoms with van der Waals surface area (Å²) in [6.45, 7) is 7.70. The molecule has 0 unspecified atom stereocenters. The van der Waals surface area contributed by atoms with Gasteiger partial charge in [0.05, 0.1) is 0 Å². The number of nitrogens with one attached hydrogen (secondary N) is 1. The second kappa shape index (κ2) is 6.47. The molecule has 0 aliphatic heterocycles. The van der Waals surface area contributed by atoms with Crippen LogP contribution in [0.2, 0.25) is 0 Å². The molecule has 112 valence electrons. The van der Waals surface area contributed by atoms with Gasteiger partial charge in [0, 0.05) is 23.9 Å². The standard InChI is InChI=1S/C15H20N4O2/c1-9(2)12(17-14(20)10(3)4)15-18-13(19-21-15)11-5-7-16-8-6-11/h5-10,12H,1-4H3,(H,17,20)/t12-/m0/s1. The van der Waals surface area contributed by atoms with Crippen LogP contribution in [0.5, 0.6) is 0 Å². The van der Waals surface area contributed by atoms with Gasteiger partial charge in [0.15, 0.2) is 0 Å². The van der Waals surface area contributed by atoms with Crippen molar-refractivity contribution in [3.63, 3.8) is 0 Å². The number of carbonyl (C=O) groups is 1. The lowest BCUT2D eigenvalue weighted by Crippen LogP contribution is -2.34. The zero-order valence-corrected chi connectivity index (χ0v) is 12.7. The Balaban J connectivity index is 2.22. The normalized spacial score (nSPS) is 12.7. The van der Waals surface area contributed by atoms with Crippen LogP contribution in [0.15, 0.2) is 29.0 Å². The third kappa shape index (κ3) is 3.65. The van der Waals surface area contributed by atoms with E-state index >= 15 is 0 Å². The molecule has 1 N–H and O–H groups in total. The maximum Gasteiger partial charge on any atom is 0.249 e. The highest BCUT2D eigenvalue weighted by atomic mass is 16.5. The van der Waals surface area contributed by atoms with Gasteiger partial charge in [-0.3, -0.25) is 9.78 Å². The van der Waals surface area contributed by atoms with Gasteiger partial charge in [-0.25, -0.2) is 0 Å². The van der Waals surface area contributed by atoms with Gasteiger partial charge in [-0.2, -0.15) is 4.98 Å². The van der Waals surface area contributed by atoms with Gasteiger partial charge >= 0.3 is 0 Å². The number of hydrogen-bond donors (Lipinski definition) is 1. The lowest BCUT2D eigenvalue weighted by molar-refractivity contribution is -0.125. The zero-order chi connectivity index (χ0) is 15.4. The first-order valence-corrected chi connectivity index (χ1v) is 7.03. The smallest absolute Gasteiger partial charge is 0.249 e. The van der Waals surface area contributed by atoms with Crippen LogP contribution in [0.1, 0.15) is 39.6 Å². The van der Waals surface area contributed by atoms with Crippen molar-refractivity contribution < 1.29 is 9.32 Å². The number of carbonyl (C=O) groups excluding carboxylic acids is 1. The number of aromatic nitrogens is 3. The first-order valence-electron chi connectivity index (χ1n) is 7.03. The summed E-state index contributed by atoms with van der Waals surface area (Å²) in [5, 5.41) is 6.93. The number of amides is 1. The molecule has 21 heavy (non-hydrogen) atoms. The van der Waals surface area contributed by atoms with Gasteiger partial charge in [-0.1, -0.05) is 32.9 Å². The predicted octanol–water partition coefficient (Wildman–Crippen LogP) is 2.60. The van der Waals surface area contributed by atoms with Gasteiger partial charge in [0.2, 0.25) is 17.6 Å². The van der Waals surface area contributed by atoms with Gasteiger partial charge in [0.1, 0.15) is 6.04 Å². The summed E-state index contributed by atoms with van der Waals surface area (Å²) in [4.78, 5) is 20.2. The van der Waals surface area contributed by atoms with E-state index in [1.807, 2.05) is 39.8 Å². The van der Waals surface area contributed by atoms with E-state index in [4.69, 9.17) is 4.52 Å². The Morgan fingerprint density at radius 2 is 1.86 bits per heavy atom. The van der Waals surface area contributed by atoms with Crippen LogP contribution in [-0.2, 0) is 4.79 Å². The summed E-state index contributed by atoms with van der Waals surface area (Å²) in [7, 11) is 0. The van der Waals surface area contributed by atoms with Crippen molar-refractivity contribution in [2.24, 2.45) is 11.8 Å². The molecule has 2 aromatic rings. The van der Waals surface area contributed by atoms with E-state index in [1.54, 1.807) is 12.4 Å². The molecule has 0 aromatic carbocycles. The molecule has 0 saturated carbocycles. The Hall–Kier alpha value is -2.24. The molecule has 0 spiro atoms. The van der Waals surface area contributed by atoms with Crippen molar-refractivity contribution in [2.75, 3.05) is 0 Å². The van der Waals surface area contributed by atoms with Crippen molar-refractivity contribution in [1.29, 1.82) is 0 Å². The summed E-state index contributed by atoms with van der Waals surface area (Å²) in [6.07, 6.45) is 3.34. The molecule has 0 bridgehead atoms. The predicted molar refractivity (Wildman–Crippen MR) is 78.1 cm³/mol. The Morgan fingerprint density at radius 1 is 1.19 bits per heavy atom. The third-order valence-corrected chi connectivity index (χ3v) is 3.14. The Kier molecular flexibility index (Phi) is 4.67. The van der Waals surface area contributed by atoms with Crippen LogP contribution in [0.25, 0.3) is 11.4 Å². The van der Waals surface area contributed by atoms with Crippen molar-refractivity contribution in [1.82, 2.24) is 20.4 Å². The fraction of sp³-hybridized carbons (Fsp3) is 0.467. The van der Waals surface area contributed by atoms with E-state index in [-0.39, 0.29) is 23.8 Å². The Bertz CT molecular complexity index is 593. The van der Waals surface area contributed by atoms with Crippen molar-refractivity contribution in [3.8, 4) is 11.4 Å². The topological polar surface area (TPSA) is 80.9 Å². The average molecular weight is 288 g/mol. The monoisotopic (exact) mass is 288 g/mol. The molecule has 6 heteroatoms. The molecular weight excluding hydrogens is 268 g/mol. The van der Waals surface area contributed by atoms with Crippen LogP contribution < -0.4 is 5.32 Å². The summed E-state index contributed by atoms with van der Waals surface area (Å²) in [6, 6.07) is 3.33. The molecular formula is C15H20N4O2. The second-order valence-electron chi connectivity index (χ2n) is 5.58. The summed E-state index contributed by atoms with van der Waals surface area (Å²) in [5.41, 5.74) is 0.831. The highest BCUT2D eigenvalue weighted by Crippen LogP contribution is 2.23. The molecule has 0 fully saturated rings. The minimum atomic E-state index is -0.289. The van der Waals surface area contributed by atoms with Crippen LogP contribution in [-0.4, -0.2) is 21.0 Å². The van der Waals surface area contributed by atoms with E-state index in [1.165, 1.54) is 0 Å². The van der Waals surface area contributed by atoms with Crippen molar-refractivity contribution in [2.45, 2.75) is 33.7 Å². The van der Waals surface area contributed by atoms with Crippen LogP contribution >= 0.6 is 0 Å². The molecule has 0 aliphatic rings. The van der Waals surface area contributed by atoms with E-state index in [2.05, 4.69) is 20.4 Å². The molecule has 1 atom stereocenters. The van der Waals surface area contributed by atoms with Crippen molar-refractivity contribution in [3.05, 3.63) is 30.4 Å². The number of nitrogens with zero attached hydrogens (tertiary/aromatic N) is 3. The second-order valence-corrected chi connectivity index (χ2v) is 5.58. The molecule has 1 amide bonds. The molecule has 2 heterocycles. The molecule has 2 aromatic heterocycles. The van der Waals surface area contributed by atoms with Gasteiger partial charge in [-0.15, -0.1) is 0 Å². The fourth-order valence-corrected chi connectivity index (χ4v) is 1.81. The quantitative estimate of drug-likeness (QED) is 0.914. The number of pyridine rings is 1. The molecule has 0 saturated heterocycles. The van der Waals surface area contributed by atoms with E-state index in [0.717, 1.165) is 5.56 Å². The largest absolute Gasteiger partial charge is 0.344 e. The maximum atomic E-state index is 11.9. The van der Waals surface area contributed by atoms with Gasteiger partial charge < -0.3 is 9.84 Å². The highest BCUT2D eigenvalue weighted by molar-refractivity contribution is 5.78. The average Bonchev–Trinajstić information content (AvgIpc) is 2.94. The Labute approximate surface area is 124 Å². The fourth-order valence-electron chi connectivity index (χ4n) is 1.81.